The summed E-state index contributed by atoms with van der Waals surface area (Å²) in [6.45, 7) is 0.289. The smallest absolute Gasteiger partial charge is 0.318 e. The topological polar surface area (TPSA) is 113 Å². The first kappa shape index (κ1) is 12.3. The van der Waals surface area contributed by atoms with E-state index in [9.17, 15) is 14.4 Å². The number of hydrogen-bond donors (Lipinski definition) is 3. The predicted molar refractivity (Wildman–Crippen MR) is 54.6 cm³/mol. The molecular weight excluding hydrogens is 214 g/mol. The van der Waals surface area contributed by atoms with Crippen molar-refractivity contribution in [2.24, 2.45) is 5.73 Å². The van der Waals surface area contributed by atoms with Gasteiger partial charge in [-0.15, -0.1) is 0 Å². The molecule has 1 saturated heterocycles. The van der Waals surface area contributed by atoms with Crippen molar-refractivity contribution >= 4 is 17.9 Å². The van der Waals surface area contributed by atoms with Gasteiger partial charge in [0.05, 0.1) is 13.0 Å². The number of amides is 3. The number of nitrogens with zero attached hydrogens (tertiary/aromatic N) is 1. The molecule has 3 amide bonds. The van der Waals surface area contributed by atoms with Crippen LogP contribution in [-0.4, -0.2) is 47.0 Å². The first-order valence-corrected chi connectivity index (χ1v) is 5.05. The Morgan fingerprint density at radius 2 is 2.12 bits per heavy atom. The lowest BCUT2D eigenvalue weighted by Crippen LogP contribution is -2.46. The summed E-state index contributed by atoms with van der Waals surface area (Å²) >= 11 is 0. The Morgan fingerprint density at radius 3 is 2.69 bits per heavy atom. The summed E-state index contributed by atoms with van der Waals surface area (Å²) in [4.78, 5) is 34.0. The zero-order valence-electron chi connectivity index (χ0n) is 8.81. The average Bonchev–Trinajstić information content (AvgIpc) is 2.61. The minimum atomic E-state index is -0.931. The Morgan fingerprint density at radius 1 is 1.44 bits per heavy atom. The Balaban J connectivity index is 2.47. The number of carbonyl (C=O) groups excluding carboxylic acids is 2. The number of nitrogens with two attached hydrogens (primary N) is 1. The number of urea groups is 1. The monoisotopic (exact) mass is 229 g/mol. The van der Waals surface area contributed by atoms with E-state index in [2.05, 4.69) is 5.32 Å². The first-order chi connectivity index (χ1) is 7.50. The zero-order valence-corrected chi connectivity index (χ0v) is 8.81. The van der Waals surface area contributed by atoms with Crippen molar-refractivity contribution in [3.63, 3.8) is 0 Å². The van der Waals surface area contributed by atoms with Crippen molar-refractivity contribution < 1.29 is 19.5 Å². The van der Waals surface area contributed by atoms with Crippen LogP contribution in [-0.2, 0) is 9.59 Å². The molecule has 0 aromatic heterocycles. The summed E-state index contributed by atoms with van der Waals surface area (Å²) in [5, 5.41) is 11.0. The van der Waals surface area contributed by atoms with E-state index in [-0.39, 0.29) is 19.0 Å². The van der Waals surface area contributed by atoms with Crippen LogP contribution in [0.15, 0.2) is 0 Å². The van der Waals surface area contributed by atoms with Gasteiger partial charge in [-0.3, -0.25) is 9.59 Å². The Kier molecular flexibility index (Phi) is 4.10. The molecule has 90 valence electrons. The van der Waals surface area contributed by atoms with Gasteiger partial charge in [-0.25, -0.2) is 4.79 Å². The molecule has 1 rings (SSSR count). The number of aliphatic carboxylic acids is 1. The van der Waals surface area contributed by atoms with Gasteiger partial charge >= 0.3 is 12.0 Å². The molecule has 0 spiro atoms. The van der Waals surface area contributed by atoms with Crippen LogP contribution >= 0.6 is 0 Å². The van der Waals surface area contributed by atoms with Crippen LogP contribution in [0.1, 0.15) is 19.3 Å². The second-order valence-corrected chi connectivity index (χ2v) is 3.71. The maximum atomic E-state index is 11.6. The standard InChI is InChI=1S/C9H15N3O4/c10-7(13)5-11-9(16)12-3-1-2-6(12)4-8(14)15/h6H,1-5H2,(H2,10,13)(H,11,16)(H,14,15). The Hall–Kier alpha value is -1.79. The molecule has 7 nitrogen and oxygen atoms in total. The van der Waals surface area contributed by atoms with E-state index in [1.54, 1.807) is 0 Å². The van der Waals surface area contributed by atoms with Crippen LogP contribution < -0.4 is 11.1 Å². The van der Waals surface area contributed by atoms with Gasteiger partial charge < -0.3 is 21.1 Å². The molecule has 1 aliphatic heterocycles. The van der Waals surface area contributed by atoms with Crippen molar-refractivity contribution in [1.82, 2.24) is 10.2 Å². The number of nitrogens with one attached hydrogen (secondary N) is 1. The van der Waals surface area contributed by atoms with Gasteiger partial charge in [-0.1, -0.05) is 0 Å². The summed E-state index contributed by atoms with van der Waals surface area (Å²) in [7, 11) is 0. The largest absolute Gasteiger partial charge is 0.481 e. The fraction of sp³-hybridized carbons (Fsp3) is 0.667. The zero-order chi connectivity index (χ0) is 12.1. The van der Waals surface area contributed by atoms with Crippen molar-refractivity contribution in [2.75, 3.05) is 13.1 Å². The SMILES string of the molecule is NC(=O)CNC(=O)N1CCCC1CC(=O)O. The fourth-order valence-corrected chi connectivity index (χ4v) is 1.78. The highest BCUT2D eigenvalue weighted by Gasteiger charge is 2.30. The van der Waals surface area contributed by atoms with E-state index < -0.39 is 17.9 Å². The third kappa shape index (κ3) is 3.41. The molecule has 0 radical (unpaired) electrons. The number of primary amides is 1. The van der Waals surface area contributed by atoms with Crippen LogP contribution in [0.2, 0.25) is 0 Å². The number of rotatable bonds is 4. The molecule has 1 unspecified atom stereocenters. The second-order valence-electron chi connectivity index (χ2n) is 3.71. The van der Waals surface area contributed by atoms with Gasteiger partial charge in [0.15, 0.2) is 0 Å². The Labute approximate surface area is 92.6 Å². The normalized spacial score (nSPS) is 19.5. The van der Waals surface area contributed by atoms with Crippen molar-refractivity contribution in [3.05, 3.63) is 0 Å². The minimum absolute atomic E-state index is 0.0655. The molecule has 1 aliphatic rings. The van der Waals surface area contributed by atoms with E-state index in [0.29, 0.717) is 13.0 Å². The molecule has 16 heavy (non-hydrogen) atoms. The number of carboxylic acids is 1. The van der Waals surface area contributed by atoms with Crippen molar-refractivity contribution in [1.29, 1.82) is 0 Å². The summed E-state index contributed by atoms with van der Waals surface area (Å²) in [6, 6.07) is -0.715. The lowest BCUT2D eigenvalue weighted by atomic mass is 10.1. The minimum Gasteiger partial charge on any atom is -0.481 e. The summed E-state index contributed by atoms with van der Waals surface area (Å²) in [5.74, 6) is -1.55. The number of likely N-dealkylation sites (tertiary alicyclic amines) is 1. The van der Waals surface area contributed by atoms with Crippen molar-refractivity contribution in [3.8, 4) is 0 Å². The lowest BCUT2D eigenvalue weighted by Gasteiger charge is -2.23. The van der Waals surface area contributed by atoms with Crippen LogP contribution in [0.3, 0.4) is 0 Å². The quantitative estimate of drug-likeness (QED) is 0.581. The van der Waals surface area contributed by atoms with Gasteiger partial charge in [0.2, 0.25) is 5.91 Å². The van der Waals surface area contributed by atoms with Crippen molar-refractivity contribution in [2.45, 2.75) is 25.3 Å². The lowest BCUT2D eigenvalue weighted by molar-refractivity contribution is -0.138. The summed E-state index contributed by atoms with van der Waals surface area (Å²) in [5.41, 5.74) is 4.89. The first-order valence-electron chi connectivity index (χ1n) is 5.05. The average molecular weight is 229 g/mol. The molecule has 0 saturated carbocycles. The molecule has 1 fully saturated rings. The summed E-state index contributed by atoms with van der Waals surface area (Å²) < 4.78 is 0. The van der Waals surface area contributed by atoms with Crippen LogP contribution in [0.5, 0.6) is 0 Å². The maximum Gasteiger partial charge on any atom is 0.318 e. The highest BCUT2D eigenvalue weighted by Crippen LogP contribution is 2.19. The maximum absolute atomic E-state index is 11.6. The molecule has 7 heteroatoms. The van der Waals surface area contributed by atoms with Gasteiger partial charge in [-0.05, 0) is 12.8 Å². The molecule has 4 N–H and O–H groups in total. The van der Waals surface area contributed by atoms with E-state index in [0.717, 1.165) is 6.42 Å². The van der Waals surface area contributed by atoms with Crippen LogP contribution in [0, 0.1) is 0 Å². The molecule has 0 bridgehead atoms. The molecule has 0 aromatic rings. The Bertz CT molecular complexity index is 305. The van der Waals surface area contributed by atoms with Crippen LogP contribution in [0.4, 0.5) is 4.79 Å². The van der Waals surface area contributed by atoms with Gasteiger partial charge in [0, 0.05) is 12.6 Å². The highest BCUT2D eigenvalue weighted by atomic mass is 16.4. The summed E-state index contributed by atoms with van der Waals surface area (Å²) in [6.07, 6.45) is 1.39. The highest BCUT2D eigenvalue weighted by molar-refractivity contribution is 5.83. The number of hydrogen-bond acceptors (Lipinski definition) is 3. The van der Waals surface area contributed by atoms with Gasteiger partial charge in [0.25, 0.3) is 0 Å². The van der Waals surface area contributed by atoms with E-state index >= 15 is 0 Å². The number of carboxylic acid groups (broad SMARTS) is 1. The third-order valence-corrected chi connectivity index (χ3v) is 2.46. The molecule has 1 atom stereocenters. The predicted octanol–water partition coefficient (Wildman–Crippen LogP) is -0.880. The van der Waals surface area contributed by atoms with E-state index in [4.69, 9.17) is 10.8 Å². The van der Waals surface area contributed by atoms with Crippen LogP contribution in [0.25, 0.3) is 0 Å². The van der Waals surface area contributed by atoms with E-state index in [1.165, 1.54) is 4.90 Å². The molecule has 0 aromatic carbocycles. The van der Waals surface area contributed by atoms with Gasteiger partial charge in [0.1, 0.15) is 0 Å². The molecular formula is C9H15N3O4. The third-order valence-electron chi connectivity index (χ3n) is 2.46. The van der Waals surface area contributed by atoms with Gasteiger partial charge in [-0.2, -0.15) is 0 Å². The number of carbonyl (C=O) groups is 3. The molecule has 0 aliphatic carbocycles. The fourth-order valence-electron chi connectivity index (χ4n) is 1.78. The second kappa shape index (κ2) is 5.34. The van der Waals surface area contributed by atoms with E-state index in [1.807, 2.05) is 0 Å². The molecule has 1 heterocycles.